The van der Waals surface area contributed by atoms with Crippen molar-refractivity contribution in [3.05, 3.63) is 41.6 Å². The van der Waals surface area contributed by atoms with E-state index in [1.165, 1.54) is 5.39 Å². The molecule has 2 N–H and O–H groups in total. The molecule has 0 atom stereocenters. The Labute approximate surface area is 115 Å². The Morgan fingerprint density at radius 2 is 2.16 bits per heavy atom. The molecular formula is C14H15N3OS. The lowest BCUT2D eigenvalue weighted by Gasteiger charge is -2.02. The monoisotopic (exact) mass is 273 g/mol. The van der Waals surface area contributed by atoms with E-state index in [-0.39, 0.29) is 6.61 Å². The Balaban J connectivity index is 2.01. The van der Waals surface area contributed by atoms with Gasteiger partial charge in [0.25, 0.3) is 0 Å². The van der Waals surface area contributed by atoms with Crippen molar-refractivity contribution in [2.75, 3.05) is 0 Å². The fraction of sp³-hybridized carbons (Fsp3) is 0.214. The number of para-hydroxylation sites is 1. The van der Waals surface area contributed by atoms with Crippen molar-refractivity contribution >= 4 is 22.7 Å². The number of aromatic nitrogens is 3. The maximum absolute atomic E-state index is 9.45. The minimum Gasteiger partial charge on any atom is -0.392 e. The third kappa shape index (κ3) is 2.15. The summed E-state index contributed by atoms with van der Waals surface area (Å²) in [5.41, 5.74) is 2.89. The highest BCUT2D eigenvalue weighted by molar-refractivity contribution is 7.99. The zero-order valence-electron chi connectivity index (χ0n) is 10.8. The van der Waals surface area contributed by atoms with Crippen molar-refractivity contribution in [2.24, 2.45) is 7.05 Å². The molecule has 0 bridgehead atoms. The Morgan fingerprint density at radius 3 is 2.89 bits per heavy atom. The number of rotatable bonds is 3. The molecule has 5 heteroatoms. The molecule has 0 aliphatic carbocycles. The van der Waals surface area contributed by atoms with Gasteiger partial charge in [-0.15, -0.1) is 0 Å². The summed E-state index contributed by atoms with van der Waals surface area (Å²) in [6, 6.07) is 10.3. The van der Waals surface area contributed by atoms with E-state index in [9.17, 15) is 5.11 Å². The molecule has 3 rings (SSSR count). The highest BCUT2D eigenvalue weighted by atomic mass is 32.2. The molecular weight excluding hydrogens is 258 g/mol. The normalized spacial score (nSPS) is 11.3. The molecule has 0 saturated heterocycles. The molecule has 2 heterocycles. The van der Waals surface area contributed by atoms with Gasteiger partial charge in [0.2, 0.25) is 0 Å². The van der Waals surface area contributed by atoms with Crippen LogP contribution >= 0.6 is 11.8 Å². The van der Waals surface area contributed by atoms with Crippen LogP contribution in [0.25, 0.3) is 10.9 Å². The van der Waals surface area contributed by atoms with Gasteiger partial charge in [0.1, 0.15) is 5.03 Å². The van der Waals surface area contributed by atoms with Crippen LogP contribution in [0.5, 0.6) is 0 Å². The molecule has 0 aliphatic rings. The van der Waals surface area contributed by atoms with Crippen LogP contribution in [0.4, 0.5) is 0 Å². The van der Waals surface area contributed by atoms with Gasteiger partial charge in [0, 0.05) is 23.5 Å². The fourth-order valence-electron chi connectivity index (χ4n) is 2.20. The molecule has 0 unspecified atom stereocenters. The number of aliphatic hydroxyl groups is 1. The van der Waals surface area contributed by atoms with E-state index in [0.717, 1.165) is 26.8 Å². The van der Waals surface area contributed by atoms with E-state index in [0.29, 0.717) is 0 Å². The summed E-state index contributed by atoms with van der Waals surface area (Å²) in [4.78, 5) is 3.37. The van der Waals surface area contributed by atoms with Gasteiger partial charge in [0.15, 0.2) is 0 Å². The summed E-state index contributed by atoms with van der Waals surface area (Å²) < 4.78 is 1.82. The van der Waals surface area contributed by atoms with Crippen LogP contribution in [0.2, 0.25) is 0 Å². The van der Waals surface area contributed by atoms with Crippen LogP contribution in [-0.4, -0.2) is 19.9 Å². The van der Waals surface area contributed by atoms with Gasteiger partial charge in [-0.2, -0.15) is 5.10 Å². The number of hydrogen-bond donors (Lipinski definition) is 2. The number of aryl methyl sites for hydroxylation is 2. The van der Waals surface area contributed by atoms with Crippen LogP contribution in [-0.2, 0) is 13.7 Å². The Bertz CT molecular complexity index is 696. The van der Waals surface area contributed by atoms with Crippen molar-refractivity contribution in [2.45, 2.75) is 23.6 Å². The number of H-pyrrole nitrogens is 1. The molecule has 1 aromatic carbocycles. The summed E-state index contributed by atoms with van der Waals surface area (Å²) in [6.45, 7) is 1.93. The second kappa shape index (κ2) is 4.75. The fourth-order valence-corrected chi connectivity index (χ4v) is 3.26. The first kappa shape index (κ1) is 12.3. The van der Waals surface area contributed by atoms with E-state index < -0.39 is 0 Å². The summed E-state index contributed by atoms with van der Waals surface area (Å²) in [6.07, 6.45) is 0. The first-order chi connectivity index (χ1) is 9.19. The van der Waals surface area contributed by atoms with Gasteiger partial charge in [0.05, 0.1) is 17.3 Å². The predicted octanol–water partition coefficient (Wildman–Crippen LogP) is 2.85. The number of fused-ring (bicyclic) bond motifs is 1. The lowest BCUT2D eigenvalue weighted by atomic mass is 10.3. The Kier molecular flexibility index (Phi) is 3.08. The van der Waals surface area contributed by atoms with Gasteiger partial charge in [-0.1, -0.05) is 30.0 Å². The summed E-state index contributed by atoms with van der Waals surface area (Å²) in [5.74, 6) is 0. The first-order valence-corrected chi connectivity index (χ1v) is 6.89. The molecule has 2 aromatic heterocycles. The molecule has 0 fully saturated rings. The molecule has 98 valence electrons. The highest BCUT2D eigenvalue weighted by Crippen LogP contribution is 2.32. The number of aliphatic hydroxyl groups excluding tert-OH is 1. The van der Waals surface area contributed by atoms with Crippen LogP contribution in [0.1, 0.15) is 11.3 Å². The van der Waals surface area contributed by atoms with Crippen molar-refractivity contribution in [1.29, 1.82) is 0 Å². The van der Waals surface area contributed by atoms with Crippen molar-refractivity contribution in [3.8, 4) is 0 Å². The van der Waals surface area contributed by atoms with E-state index in [1.54, 1.807) is 11.8 Å². The second-order valence-corrected chi connectivity index (χ2v) is 5.50. The van der Waals surface area contributed by atoms with Crippen molar-refractivity contribution < 1.29 is 5.11 Å². The predicted molar refractivity (Wildman–Crippen MR) is 76.3 cm³/mol. The number of hydrogen-bond acceptors (Lipinski definition) is 3. The lowest BCUT2D eigenvalue weighted by Crippen LogP contribution is -1.93. The van der Waals surface area contributed by atoms with E-state index >= 15 is 0 Å². The Morgan fingerprint density at radius 1 is 1.37 bits per heavy atom. The van der Waals surface area contributed by atoms with E-state index in [2.05, 4.69) is 28.3 Å². The van der Waals surface area contributed by atoms with Crippen molar-refractivity contribution in [1.82, 2.24) is 14.8 Å². The van der Waals surface area contributed by atoms with Gasteiger partial charge in [-0.3, -0.25) is 4.68 Å². The van der Waals surface area contributed by atoms with Crippen LogP contribution in [0.15, 0.2) is 40.4 Å². The molecule has 0 saturated carbocycles. The van der Waals surface area contributed by atoms with Crippen LogP contribution in [0.3, 0.4) is 0 Å². The average Bonchev–Trinajstić information content (AvgIpc) is 2.91. The molecule has 0 aliphatic heterocycles. The lowest BCUT2D eigenvalue weighted by molar-refractivity contribution is 0.277. The maximum Gasteiger partial charge on any atom is 0.106 e. The van der Waals surface area contributed by atoms with Gasteiger partial charge in [-0.25, -0.2) is 0 Å². The topological polar surface area (TPSA) is 53.8 Å². The third-order valence-corrected chi connectivity index (χ3v) is 4.30. The molecule has 19 heavy (non-hydrogen) atoms. The standard InChI is InChI=1S/C14H15N3OS/c1-9-11(8-18)14(17(2)16-9)19-13-7-10-5-3-4-6-12(10)15-13/h3-7,15,18H,8H2,1-2H3. The van der Waals surface area contributed by atoms with Crippen molar-refractivity contribution in [3.63, 3.8) is 0 Å². The van der Waals surface area contributed by atoms with Gasteiger partial charge < -0.3 is 10.1 Å². The summed E-state index contributed by atoms with van der Waals surface area (Å²) in [7, 11) is 1.90. The quantitative estimate of drug-likeness (QED) is 0.771. The zero-order valence-corrected chi connectivity index (χ0v) is 11.7. The largest absolute Gasteiger partial charge is 0.392 e. The number of nitrogens with zero attached hydrogens (tertiary/aromatic N) is 2. The molecule has 0 radical (unpaired) electrons. The van der Waals surface area contributed by atoms with Gasteiger partial charge in [-0.05, 0) is 19.1 Å². The number of benzene rings is 1. The molecule has 3 aromatic rings. The summed E-state index contributed by atoms with van der Waals surface area (Å²) >= 11 is 1.60. The van der Waals surface area contributed by atoms with E-state index in [4.69, 9.17) is 0 Å². The molecule has 0 spiro atoms. The SMILES string of the molecule is Cc1nn(C)c(Sc2cc3ccccc3[nH]2)c1CO. The first-order valence-electron chi connectivity index (χ1n) is 6.08. The number of aromatic amines is 1. The minimum atomic E-state index is 0.0161. The number of nitrogens with one attached hydrogen (secondary N) is 1. The maximum atomic E-state index is 9.45. The Hall–Kier alpha value is -1.72. The molecule has 4 nitrogen and oxygen atoms in total. The van der Waals surface area contributed by atoms with Crippen LogP contribution < -0.4 is 0 Å². The minimum absolute atomic E-state index is 0.0161. The van der Waals surface area contributed by atoms with E-state index in [1.807, 2.05) is 30.8 Å². The average molecular weight is 273 g/mol. The van der Waals surface area contributed by atoms with Crippen LogP contribution in [0, 0.1) is 6.92 Å². The van der Waals surface area contributed by atoms with Gasteiger partial charge >= 0.3 is 0 Å². The second-order valence-electron chi connectivity index (χ2n) is 4.47. The highest BCUT2D eigenvalue weighted by Gasteiger charge is 2.14. The smallest absolute Gasteiger partial charge is 0.106 e. The molecule has 0 amide bonds. The third-order valence-electron chi connectivity index (χ3n) is 3.16. The summed E-state index contributed by atoms with van der Waals surface area (Å²) in [5, 5.41) is 17.0. The zero-order chi connectivity index (χ0) is 13.4.